The van der Waals surface area contributed by atoms with Crippen molar-refractivity contribution >= 4 is 0 Å². The van der Waals surface area contributed by atoms with Gasteiger partial charge in [-0.1, -0.05) is 6.58 Å². The van der Waals surface area contributed by atoms with E-state index in [4.69, 9.17) is 5.11 Å². The van der Waals surface area contributed by atoms with Crippen LogP contribution in [0.5, 0.6) is 0 Å². The fourth-order valence-electron chi connectivity index (χ4n) is 0.918. The van der Waals surface area contributed by atoms with Crippen LogP contribution in [0.25, 0.3) is 0 Å². The zero-order valence-corrected chi connectivity index (χ0v) is 4.85. The first-order chi connectivity index (χ1) is 3.83. The van der Waals surface area contributed by atoms with Gasteiger partial charge in [-0.25, -0.2) is 0 Å². The molecule has 0 aromatic rings. The van der Waals surface area contributed by atoms with Crippen LogP contribution in [0.1, 0.15) is 12.8 Å². The van der Waals surface area contributed by atoms with Crippen molar-refractivity contribution in [2.75, 3.05) is 6.61 Å². The standard InChI is InChI=1S/C6H11NO/c1-5-2-3-6(4-8)7-5/h6-8H,1-4H2/t6-/m0/s1. The molecular formula is C6H11NO. The van der Waals surface area contributed by atoms with E-state index in [0.29, 0.717) is 0 Å². The molecule has 0 radical (unpaired) electrons. The Balaban J connectivity index is 2.32. The van der Waals surface area contributed by atoms with Gasteiger partial charge in [0.15, 0.2) is 0 Å². The molecule has 0 unspecified atom stereocenters. The molecule has 1 aliphatic rings. The molecule has 2 N–H and O–H groups in total. The maximum absolute atomic E-state index is 8.58. The largest absolute Gasteiger partial charge is 0.394 e. The van der Waals surface area contributed by atoms with Gasteiger partial charge in [0.1, 0.15) is 0 Å². The molecule has 1 saturated heterocycles. The Morgan fingerprint density at radius 2 is 2.62 bits per heavy atom. The number of hydrogen-bond donors (Lipinski definition) is 2. The molecule has 2 nitrogen and oxygen atoms in total. The van der Waals surface area contributed by atoms with E-state index in [1.807, 2.05) is 0 Å². The first-order valence-electron chi connectivity index (χ1n) is 2.88. The Morgan fingerprint density at radius 3 is 2.88 bits per heavy atom. The summed E-state index contributed by atoms with van der Waals surface area (Å²) in [5, 5.41) is 11.6. The van der Waals surface area contributed by atoms with Gasteiger partial charge in [0.05, 0.1) is 6.61 Å². The van der Waals surface area contributed by atoms with Gasteiger partial charge in [-0.2, -0.15) is 0 Å². The Labute approximate surface area is 49.2 Å². The van der Waals surface area contributed by atoms with Crippen molar-refractivity contribution in [1.29, 1.82) is 0 Å². The molecule has 1 fully saturated rings. The summed E-state index contributed by atoms with van der Waals surface area (Å²) in [7, 11) is 0. The number of allylic oxidation sites excluding steroid dienone is 1. The lowest BCUT2D eigenvalue weighted by molar-refractivity contribution is 0.257. The van der Waals surface area contributed by atoms with Crippen molar-refractivity contribution in [3.8, 4) is 0 Å². The minimum atomic E-state index is 0.235. The predicted octanol–water partition coefficient (Wildman–Crippen LogP) is 0.244. The summed E-state index contributed by atoms with van der Waals surface area (Å²) in [5.74, 6) is 0. The van der Waals surface area contributed by atoms with E-state index in [0.717, 1.165) is 18.5 Å². The number of rotatable bonds is 1. The second kappa shape index (κ2) is 2.18. The van der Waals surface area contributed by atoms with E-state index >= 15 is 0 Å². The maximum Gasteiger partial charge on any atom is 0.0632 e. The quantitative estimate of drug-likeness (QED) is 0.510. The van der Waals surface area contributed by atoms with Crippen molar-refractivity contribution in [2.45, 2.75) is 18.9 Å². The minimum absolute atomic E-state index is 0.235. The highest BCUT2D eigenvalue weighted by atomic mass is 16.3. The molecule has 0 spiro atoms. The Morgan fingerprint density at radius 1 is 1.88 bits per heavy atom. The van der Waals surface area contributed by atoms with Crippen LogP contribution < -0.4 is 5.32 Å². The van der Waals surface area contributed by atoms with Crippen molar-refractivity contribution in [3.63, 3.8) is 0 Å². The fourth-order valence-corrected chi connectivity index (χ4v) is 0.918. The van der Waals surface area contributed by atoms with Crippen molar-refractivity contribution in [1.82, 2.24) is 5.32 Å². The van der Waals surface area contributed by atoms with Gasteiger partial charge < -0.3 is 10.4 Å². The normalized spacial score (nSPS) is 28.1. The average molecular weight is 113 g/mol. The third-order valence-electron chi connectivity index (χ3n) is 1.42. The molecule has 1 heterocycles. The lowest BCUT2D eigenvalue weighted by Gasteiger charge is -2.03. The monoisotopic (exact) mass is 113 g/mol. The topological polar surface area (TPSA) is 32.3 Å². The molecule has 0 saturated carbocycles. The first kappa shape index (κ1) is 5.63. The number of hydrogen-bond acceptors (Lipinski definition) is 2. The van der Waals surface area contributed by atoms with Crippen LogP contribution in [0.4, 0.5) is 0 Å². The molecule has 1 atom stereocenters. The smallest absolute Gasteiger partial charge is 0.0632 e. The first-order valence-corrected chi connectivity index (χ1v) is 2.88. The average Bonchev–Trinajstić information content (AvgIpc) is 2.14. The van der Waals surface area contributed by atoms with Gasteiger partial charge >= 0.3 is 0 Å². The van der Waals surface area contributed by atoms with Crippen molar-refractivity contribution < 1.29 is 5.11 Å². The summed E-state index contributed by atoms with van der Waals surface area (Å²) < 4.78 is 0. The summed E-state index contributed by atoms with van der Waals surface area (Å²) in [6.45, 7) is 3.97. The summed E-state index contributed by atoms with van der Waals surface area (Å²) in [5.41, 5.74) is 1.06. The third-order valence-corrected chi connectivity index (χ3v) is 1.42. The lowest BCUT2D eigenvalue weighted by Crippen LogP contribution is -2.23. The van der Waals surface area contributed by atoms with Gasteiger partial charge in [0.25, 0.3) is 0 Å². The maximum atomic E-state index is 8.58. The highest BCUT2D eigenvalue weighted by Gasteiger charge is 2.14. The zero-order chi connectivity index (χ0) is 5.98. The third kappa shape index (κ3) is 1.01. The molecule has 2 heteroatoms. The molecule has 0 amide bonds. The molecule has 1 aliphatic heterocycles. The molecule has 8 heavy (non-hydrogen) atoms. The summed E-state index contributed by atoms with van der Waals surface area (Å²) >= 11 is 0. The van der Waals surface area contributed by atoms with Crippen LogP contribution in [-0.2, 0) is 0 Å². The van der Waals surface area contributed by atoms with Crippen LogP contribution in [0, 0.1) is 0 Å². The SMILES string of the molecule is C=C1CC[C@@H](CO)N1. The Kier molecular flexibility index (Phi) is 1.53. The number of aliphatic hydroxyl groups is 1. The van der Waals surface area contributed by atoms with E-state index in [9.17, 15) is 0 Å². The number of nitrogens with one attached hydrogen (secondary N) is 1. The summed E-state index contributed by atoms with van der Waals surface area (Å²) in [6.07, 6.45) is 2.06. The van der Waals surface area contributed by atoms with Gasteiger partial charge in [-0.15, -0.1) is 0 Å². The fraction of sp³-hybridized carbons (Fsp3) is 0.667. The second-order valence-electron chi connectivity index (χ2n) is 2.17. The van der Waals surface area contributed by atoms with Crippen molar-refractivity contribution in [3.05, 3.63) is 12.3 Å². The Bertz CT molecular complexity index is 101. The molecule has 0 aliphatic carbocycles. The minimum Gasteiger partial charge on any atom is -0.394 e. The molecule has 0 aromatic carbocycles. The number of aliphatic hydroxyl groups excluding tert-OH is 1. The van der Waals surface area contributed by atoms with Crippen LogP contribution in [0.2, 0.25) is 0 Å². The summed E-state index contributed by atoms with van der Waals surface area (Å²) in [4.78, 5) is 0. The van der Waals surface area contributed by atoms with E-state index in [1.54, 1.807) is 0 Å². The van der Waals surface area contributed by atoms with E-state index in [-0.39, 0.29) is 12.6 Å². The Hall–Kier alpha value is -0.500. The predicted molar refractivity (Wildman–Crippen MR) is 32.4 cm³/mol. The van der Waals surface area contributed by atoms with E-state index in [2.05, 4.69) is 11.9 Å². The van der Waals surface area contributed by atoms with E-state index in [1.165, 1.54) is 0 Å². The highest BCUT2D eigenvalue weighted by Crippen LogP contribution is 2.11. The molecule has 46 valence electrons. The van der Waals surface area contributed by atoms with E-state index < -0.39 is 0 Å². The lowest BCUT2D eigenvalue weighted by atomic mass is 10.2. The molecule has 0 bridgehead atoms. The zero-order valence-electron chi connectivity index (χ0n) is 4.85. The molecular weight excluding hydrogens is 102 g/mol. The summed E-state index contributed by atoms with van der Waals surface area (Å²) in [6, 6.07) is 0.280. The van der Waals surface area contributed by atoms with Gasteiger partial charge in [0, 0.05) is 11.7 Å². The van der Waals surface area contributed by atoms with Crippen LogP contribution in [-0.4, -0.2) is 17.8 Å². The van der Waals surface area contributed by atoms with Gasteiger partial charge in [-0.05, 0) is 12.8 Å². The molecule has 0 aromatic heterocycles. The second-order valence-corrected chi connectivity index (χ2v) is 2.17. The van der Waals surface area contributed by atoms with Gasteiger partial charge in [-0.3, -0.25) is 0 Å². The van der Waals surface area contributed by atoms with Crippen molar-refractivity contribution in [2.24, 2.45) is 0 Å². The highest BCUT2D eigenvalue weighted by molar-refractivity contribution is 5.00. The van der Waals surface area contributed by atoms with Crippen LogP contribution >= 0.6 is 0 Å². The van der Waals surface area contributed by atoms with Crippen LogP contribution in [0.15, 0.2) is 12.3 Å². The van der Waals surface area contributed by atoms with Crippen LogP contribution in [0.3, 0.4) is 0 Å². The molecule has 1 rings (SSSR count). The van der Waals surface area contributed by atoms with Gasteiger partial charge in [0.2, 0.25) is 0 Å².